The van der Waals surface area contributed by atoms with E-state index >= 15 is 0 Å². The average Bonchev–Trinajstić information content (AvgIpc) is 2.67. The standard InChI is InChI=1S/C16H20BrNO3/c1-10-6-5-8-12(14(10)17)15(19)18-13-9-4-2-3-7-11(13)16(20)21/h5-6,8,11,13H,2-4,7,9H2,1H3,(H,18,19)(H,20,21). The molecule has 4 nitrogen and oxygen atoms in total. The molecule has 0 aliphatic heterocycles. The van der Waals surface area contributed by atoms with E-state index in [1.807, 2.05) is 19.1 Å². The van der Waals surface area contributed by atoms with Gasteiger partial charge in [0.05, 0.1) is 11.5 Å². The first-order valence-electron chi connectivity index (χ1n) is 7.29. The summed E-state index contributed by atoms with van der Waals surface area (Å²) in [5.41, 5.74) is 1.54. The molecule has 2 atom stereocenters. The van der Waals surface area contributed by atoms with Crippen LogP contribution in [0.2, 0.25) is 0 Å². The minimum Gasteiger partial charge on any atom is -0.481 e. The number of benzene rings is 1. The zero-order valence-electron chi connectivity index (χ0n) is 12.1. The molecule has 1 saturated carbocycles. The van der Waals surface area contributed by atoms with Gasteiger partial charge in [0.2, 0.25) is 0 Å². The van der Waals surface area contributed by atoms with Crippen molar-refractivity contribution < 1.29 is 14.7 Å². The zero-order chi connectivity index (χ0) is 15.4. The van der Waals surface area contributed by atoms with Gasteiger partial charge in [0, 0.05) is 10.5 Å². The van der Waals surface area contributed by atoms with Gasteiger partial charge < -0.3 is 10.4 Å². The van der Waals surface area contributed by atoms with Crippen molar-refractivity contribution in [2.75, 3.05) is 0 Å². The van der Waals surface area contributed by atoms with Gasteiger partial charge >= 0.3 is 5.97 Å². The number of nitrogens with one attached hydrogen (secondary N) is 1. The predicted molar refractivity (Wildman–Crippen MR) is 84.3 cm³/mol. The lowest BCUT2D eigenvalue weighted by molar-refractivity contribution is -0.142. The van der Waals surface area contributed by atoms with E-state index in [1.54, 1.807) is 6.07 Å². The maximum atomic E-state index is 12.4. The molecule has 2 rings (SSSR count). The van der Waals surface area contributed by atoms with Crippen molar-refractivity contribution in [3.63, 3.8) is 0 Å². The van der Waals surface area contributed by atoms with E-state index in [9.17, 15) is 14.7 Å². The molecule has 2 N–H and O–H groups in total. The molecule has 1 fully saturated rings. The van der Waals surface area contributed by atoms with Crippen LogP contribution in [0, 0.1) is 12.8 Å². The van der Waals surface area contributed by atoms with Crippen LogP contribution in [0.15, 0.2) is 22.7 Å². The van der Waals surface area contributed by atoms with Crippen LogP contribution in [0.5, 0.6) is 0 Å². The minimum absolute atomic E-state index is 0.205. The molecule has 0 saturated heterocycles. The van der Waals surface area contributed by atoms with Crippen LogP contribution >= 0.6 is 15.9 Å². The monoisotopic (exact) mass is 353 g/mol. The van der Waals surface area contributed by atoms with Crippen molar-refractivity contribution in [2.24, 2.45) is 5.92 Å². The number of hydrogen-bond donors (Lipinski definition) is 2. The molecule has 1 aromatic rings. The largest absolute Gasteiger partial charge is 0.481 e. The maximum Gasteiger partial charge on any atom is 0.308 e. The normalized spacial score (nSPS) is 22.4. The van der Waals surface area contributed by atoms with Crippen LogP contribution in [0.4, 0.5) is 0 Å². The van der Waals surface area contributed by atoms with Crippen molar-refractivity contribution >= 4 is 27.8 Å². The zero-order valence-corrected chi connectivity index (χ0v) is 13.6. The number of carboxylic acid groups (broad SMARTS) is 1. The van der Waals surface area contributed by atoms with E-state index in [0.29, 0.717) is 12.0 Å². The van der Waals surface area contributed by atoms with Gasteiger partial charge in [0.15, 0.2) is 0 Å². The summed E-state index contributed by atoms with van der Waals surface area (Å²) >= 11 is 3.43. The van der Waals surface area contributed by atoms with Gasteiger partial charge in [-0.25, -0.2) is 0 Å². The first kappa shape index (κ1) is 16.0. The Balaban J connectivity index is 2.16. The predicted octanol–water partition coefficient (Wildman–Crippen LogP) is 3.52. The van der Waals surface area contributed by atoms with Gasteiger partial charge in [-0.2, -0.15) is 0 Å². The third kappa shape index (κ3) is 3.84. The molecule has 5 heteroatoms. The number of amides is 1. The van der Waals surface area contributed by atoms with Gasteiger partial charge in [-0.05, 0) is 47.3 Å². The van der Waals surface area contributed by atoms with Crippen LogP contribution in [-0.4, -0.2) is 23.0 Å². The van der Waals surface area contributed by atoms with Crippen LogP contribution in [-0.2, 0) is 4.79 Å². The summed E-state index contributed by atoms with van der Waals surface area (Å²) in [6.45, 7) is 1.92. The summed E-state index contributed by atoms with van der Waals surface area (Å²) < 4.78 is 0.767. The number of carboxylic acids is 1. The Kier molecular flexibility index (Phi) is 5.39. The highest BCUT2D eigenvalue weighted by atomic mass is 79.9. The molecular formula is C16H20BrNO3. The molecule has 1 aliphatic carbocycles. The quantitative estimate of drug-likeness (QED) is 0.817. The highest BCUT2D eigenvalue weighted by Gasteiger charge is 2.31. The Morgan fingerprint density at radius 3 is 2.67 bits per heavy atom. The Hall–Kier alpha value is -1.36. The van der Waals surface area contributed by atoms with Crippen molar-refractivity contribution in [1.82, 2.24) is 5.32 Å². The van der Waals surface area contributed by atoms with Gasteiger partial charge in [0.25, 0.3) is 5.91 Å². The summed E-state index contributed by atoms with van der Waals surface area (Å²) in [5.74, 6) is -1.51. The van der Waals surface area contributed by atoms with E-state index in [0.717, 1.165) is 35.7 Å². The second kappa shape index (κ2) is 7.07. The van der Waals surface area contributed by atoms with E-state index in [1.165, 1.54) is 0 Å². The number of carbonyl (C=O) groups excluding carboxylic acids is 1. The Labute approximate surface area is 133 Å². The highest BCUT2D eigenvalue weighted by Crippen LogP contribution is 2.25. The third-order valence-electron chi connectivity index (χ3n) is 4.09. The Morgan fingerprint density at radius 2 is 1.95 bits per heavy atom. The lowest BCUT2D eigenvalue weighted by Gasteiger charge is -2.23. The molecule has 0 radical (unpaired) electrons. The third-order valence-corrected chi connectivity index (χ3v) is 5.14. The molecular weight excluding hydrogens is 334 g/mol. The maximum absolute atomic E-state index is 12.4. The minimum atomic E-state index is -0.814. The highest BCUT2D eigenvalue weighted by molar-refractivity contribution is 9.10. The lowest BCUT2D eigenvalue weighted by Crippen LogP contribution is -2.43. The fourth-order valence-corrected chi connectivity index (χ4v) is 3.29. The fraction of sp³-hybridized carbons (Fsp3) is 0.500. The van der Waals surface area contributed by atoms with Crippen molar-refractivity contribution in [2.45, 2.75) is 45.1 Å². The first-order chi connectivity index (χ1) is 10.0. The number of hydrogen-bond acceptors (Lipinski definition) is 2. The van der Waals surface area contributed by atoms with Crippen molar-refractivity contribution in [1.29, 1.82) is 0 Å². The molecule has 0 heterocycles. The lowest BCUT2D eigenvalue weighted by atomic mass is 9.94. The molecule has 21 heavy (non-hydrogen) atoms. The van der Waals surface area contributed by atoms with E-state index < -0.39 is 11.9 Å². The summed E-state index contributed by atoms with van der Waals surface area (Å²) in [6.07, 6.45) is 4.27. The summed E-state index contributed by atoms with van der Waals surface area (Å²) in [4.78, 5) is 23.8. The number of halogens is 1. The molecule has 1 aromatic carbocycles. The van der Waals surface area contributed by atoms with Gasteiger partial charge in [-0.1, -0.05) is 31.4 Å². The summed E-state index contributed by atoms with van der Waals surface area (Å²) in [5, 5.41) is 12.3. The van der Waals surface area contributed by atoms with E-state index in [-0.39, 0.29) is 11.9 Å². The fourth-order valence-electron chi connectivity index (χ4n) is 2.84. The molecule has 0 spiro atoms. The summed E-state index contributed by atoms with van der Waals surface area (Å²) in [6, 6.07) is 5.22. The van der Waals surface area contributed by atoms with Gasteiger partial charge in [0.1, 0.15) is 0 Å². The van der Waals surface area contributed by atoms with E-state index in [4.69, 9.17) is 0 Å². The molecule has 1 amide bonds. The SMILES string of the molecule is Cc1cccc(C(=O)NC2CCCCCC2C(=O)O)c1Br. The number of rotatable bonds is 3. The number of aryl methyl sites for hydroxylation is 1. The molecule has 2 unspecified atom stereocenters. The molecule has 1 aliphatic rings. The second-order valence-electron chi connectivity index (χ2n) is 5.60. The van der Waals surface area contributed by atoms with Gasteiger partial charge in [-0.15, -0.1) is 0 Å². The van der Waals surface area contributed by atoms with Crippen molar-refractivity contribution in [3.05, 3.63) is 33.8 Å². The van der Waals surface area contributed by atoms with E-state index in [2.05, 4.69) is 21.2 Å². The smallest absolute Gasteiger partial charge is 0.308 e. The molecule has 0 aromatic heterocycles. The van der Waals surface area contributed by atoms with Crippen LogP contribution in [0.3, 0.4) is 0 Å². The first-order valence-corrected chi connectivity index (χ1v) is 8.09. The second-order valence-corrected chi connectivity index (χ2v) is 6.39. The summed E-state index contributed by atoms with van der Waals surface area (Å²) in [7, 11) is 0. The number of aliphatic carboxylic acids is 1. The average molecular weight is 354 g/mol. The van der Waals surface area contributed by atoms with Crippen LogP contribution < -0.4 is 5.32 Å². The van der Waals surface area contributed by atoms with Crippen LogP contribution in [0.25, 0.3) is 0 Å². The van der Waals surface area contributed by atoms with Gasteiger partial charge in [-0.3, -0.25) is 9.59 Å². The molecule has 114 valence electrons. The van der Waals surface area contributed by atoms with Crippen LogP contribution in [0.1, 0.15) is 48.0 Å². The Bertz CT molecular complexity index is 544. The topological polar surface area (TPSA) is 66.4 Å². The molecule has 0 bridgehead atoms. The Morgan fingerprint density at radius 1 is 1.24 bits per heavy atom. The number of carbonyl (C=O) groups is 2. The van der Waals surface area contributed by atoms with Crippen molar-refractivity contribution in [3.8, 4) is 0 Å².